The zero-order chi connectivity index (χ0) is 17.4. The van der Waals surface area contributed by atoms with Crippen molar-refractivity contribution in [1.82, 2.24) is 5.32 Å². The Bertz CT molecular complexity index is 704. The highest BCUT2D eigenvalue weighted by Gasteiger charge is 2.10. The summed E-state index contributed by atoms with van der Waals surface area (Å²) in [5, 5.41) is 3.12. The normalized spacial score (nSPS) is 10.2. The number of carbonyl (C=O) groups excluding carboxylic acids is 2. The highest BCUT2D eigenvalue weighted by Crippen LogP contribution is 2.15. The molecule has 0 radical (unpaired) electrons. The topological polar surface area (TPSA) is 55.4 Å². The molecule has 0 heterocycles. The molecule has 0 aromatic heterocycles. The first-order valence-electron chi connectivity index (χ1n) is 7.45. The molecular formula is C18H17ClFNO3. The van der Waals surface area contributed by atoms with Gasteiger partial charge in [0.1, 0.15) is 5.82 Å². The molecule has 0 aliphatic carbocycles. The lowest BCUT2D eigenvalue weighted by atomic mass is 10.1. The predicted octanol–water partition coefficient (Wildman–Crippen LogP) is 2.92. The van der Waals surface area contributed by atoms with Crippen molar-refractivity contribution in [1.29, 1.82) is 0 Å². The number of esters is 1. The molecule has 2 aromatic carbocycles. The van der Waals surface area contributed by atoms with Crippen molar-refractivity contribution in [2.24, 2.45) is 0 Å². The fraction of sp³-hybridized carbons (Fsp3) is 0.222. The third-order valence-corrected chi connectivity index (χ3v) is 3.67. The Morgan fingerprint density at radius 2 is 1.79 bits per heavy atom. The Morgan fingerprint density at radius 1 is 1.08 bits per heavy atom. The minimum absolute atomic E-state index is 0.0164. The second-order valence-corrected chi connectivity index (χ2v) is 5.56. The Labute approximate surface area is 144 Å². The summed E-state index contributed by atoms with van der Waals surface area (Å²) in [6, 6.07) is 13.0. The average Bonchev–Trinajstić information content (AvgIpc) is 2.57. The van der Waals surface area contributed by atoms with Gasteiger partial charge in [-0.2, -0.15) is 0 Å². The molecule has 6 heteroatoms. The number of hydrogen-bond donors (Lipinski definition) is 1. The van der Waals surface area contributed by atoms with Gasteiger partial charge in [-0.3, -0.25) is 9.59 Å². The molecule has 1 N–H and O–H groups in total. The van der Waals surface area contributed by atoms with Gasteiger partial charge in [0.25, 0.3) is 5.91 Å². The summed E-state index contributed by atoms with van der Waals surface area (Å²) >= 11 is 5.96. The van der Waals surface area contributed by atoms with Crippen LogP contribution in [0.1, 0.15) is 11.1 Å². The number of halogens is 2. The Morgan fingerprint density at radius 3 is 2.50 bits per heavy atom. The van der Waals surface area contributed by atoms with Crippen molar-refractivity contribution in [3.05, 3.63) is 70.5 Å². The van der Waals surface area contributed by atoms with Crippen molar-refractivity contribution in [3.63, 3.8) is 0 Å². The van der Waals surface area contributed by atoms with E-state index in [1.807, 2.05) is 0 Å². The zero-order valence-electron chi connectivity index (χ0n) is 12.9. The Kier molecular flexibility index (Phi) is 6.75. The number of nitrogens with one attached hydrogen (secondary N) is 1. The number of carbonyl (C=O) groups is 2. The molecule has 0 spiro atoms. The molecule has 2 rings (SSSR count). The van der Waals surface area contributed by atoms with Crippen LogP contribution in [0.3, 0.4) is 0 Å². The van der Waals surface area contributed by atoms with E-state index in [0.29, 0.717) is 23.6 Å². The standard InChI is InChI=1S/C18H17ClFNO3/c19-16-4-2-1-3-14(16)11-18(23)24-12-17(22)21-10-9-13-5-7-15(20)8-6-13/h1-8H,9-12H2,(H,21,22). The monoisotopic (exact) mass is 349 g/mol. The summed E-state index contributed by atoms with van der Waals surface area (Å²) in [6.45, 7) is 0.0409. The van der Waals surface area contributed by atoms with Crippen LogP contribution < -0.4 is 5.32 Å². The minimum atomic E-state index is -0.517. The molecule has 0 aliphatic rings. The quantitative estimate of drug-likeness (QED) is 0.782. The van der Waals surface area contributed by atoms with Gasteiger partial charge < -0.3 is 10.1 Å². The van der Waals surface area contributed by atoms with Crippen LogP contribution in [0.4, 0.5) is 4.39 Å². The van der Waals surface area contributed by atoms with Gasteiger partial charge in [-0.25, -0.2) is 4.39 Å². The summed E-state index contributed by atoms with van der Waals surface area (Å²) < 4.78 is 17.7. The van der Waals surface area contributed by atoms with Crippen LogP contribution in [0.15, 0.2) is 48.5 Å². The lowest BCUT2D eigenvalue weighted by Crippen LogP contribution is -2.30. The first kappa shape index (κ1) is 17.9. The zero-order valence-corrected chi connectivity index (χ0v) is 13.7. The Balaban J connectivity index is 1.66. The van der Waals surface area contributed by atoms with Crippen molar-refractivity contribution < 1.29 is 18.7 Å². The van der Waals surface area contributed by atoms with Crippen LogP contribution in [-0.4, -0.2) is 25.0 Å². The largest absolute Gasteiger partial charge is 0.455 e. The maximum atomic E-state index is 12.8. The van der Waals surface area contributed by atoms with Gasteiger partial charge in [0.15, 0.2) is 6.61 Å². The molecule has 0 saturated heterocycles. The highest BCUT2D eigenvalue weighted by molar-refractivity contribution is 6.31. The lowest BCUT2D eigenvalue weighted by Gasteiger charge is -2.07. The number of benzene rings is 2. The molecule has 0 atom stereocenters. The van der Waals surface area contributed by atoms with Crippen LogP contribution in [0.25, 0.3) is 0 Å². The van der Waals surface area contributed by atoms with E-state index in [0.717, 1.165) is 5.56 Å². The van der Waals surface area contributed by atoms with E-state index >= 15 is 0 Å². The van der Waals surface area contributed by atoms with Gasteiger partial charge in [0.05, 0.1) is 6.42 Å². The van der Waals surface area contributed by atoms with Gasteiger partial charge in [0.2, 0.25) is 0 Å². The summed E-state index contributed by atoms with van der Waals surface area (Å²) in [5.74, 6) is -1.20. The minimum Gasteiger partial charge on any atom is -0.455 e. The second kappa shape index (κ2) is 9.03. The van der Waals surface area contributed by atoms with E-state index in [9.17, 15) is 14.0 Å². The fourth-order valence-electron chi connectivity index (χ4n) is 2.04. The van der Waals surface area contributed by atoms with Crippen molar-refractivity contribution in [3.8, 4) is 0 Å². The average molecular weight is 350 g/mol. The predicted molar refractivity (Wildman–Crippen MR) is 89.2 cm³/mol. The maximum Gasteiger partial charge on any atom is 0.310 e. The second-order valence-electron chi connectivity index (χ2n) is 5.16. The first-order valence-corrected chi connectivity index (χ1v) is 7.82. The fourth-order valence-corrected chi connectivity index (χ4v) is 2.25. The van der Waals surface area contributed by atoms with Crippen LogP contribution in [0.5, 0.6) is 0 Å². The van der Waals surface area contributed by atoms with Gasteiger partial charge >= 0.3 is 5.97 Å². The molecule has 1 amide bonds. The van der Waals surface area contributed by atoms with E-state index in [4.69, 9.17) is 16.3 Å². The third kappa shape index (κ3) is 6.01. The van der Waals surface area contributed by atoms with Crippen molar-refractivity contribution >= 4 is 23.5 Å². The van der Waals surface area contributed by atoms with Gasteiger partial charge in [0, 0.05) is 11.6 Å². The molecule has 2 aromatic rings. The van der Waals surface area contributed by atoms with E-state index < -0.39 is 5.97 Å². The molecule has 4 nitrogen and oxygen atoms in total. The lowest BCUT2D eigenvalue weighted by molar-refractivity contribution is -0.147. The van der Waals surface area contributed by atoms with E-state index in [1.165, 1.54) is 12.1 Å². The first-order chi connectivity index (χ1) is 11.5. The van der Waals surface area contributed by atoms with Crippen LogP contribution >= 0.6 is 11.6 Å². The molecular weight excluding hydrogens is 333 g/mol. The number of hydrogen-bond acceptors (Lipinski definition) is 3. The van der Waals surface area contributed by atoms with E-state index in [-0.39, 0.29) is 24.8 Å². The molecule has 0 bridgehead atoms. The smallest absolute Gasteiger partial charge is 0.310 e. The van der Waals surface area contributed by atoms with Crippen LogP contribution in [0, 0.1) is 5.82 Å². The van der Waals surface area contributed by atoms with Crippen LogP contribution in [-0.2, 0) is 27.2 Å². The molecule has 0 fully saturated rings. The molecule has 24 heavy (non-hydrogen) atoms. The van der Waals surface area contributed by atoms with E-state index in [2.05, 4.69) is 5.32 Å². The van der Waals surface area contributed by atoms with Crippen molar-refractivity contribution in [2.45, 2.75) is 12.8 Å². The SMILES string of the molecule is O=C(COC(=O)Cc1ccccc1Cl)NCCc1ccc(F)cc1. The highest BCUT2D eigenvalue weighted by atomic mass is 35.5. The molecule has 0 unspecified atom stereocenters. The van der Waals surface area contributed by atoms with Crippen molar-refractivity contribution in [2.75, 3.05) is 13.2 Å². The van der Waals surface area contributed by atoms with Gasteiger partial charge in [-0.05, 0) is 35.7 Å². The Hall–Kier alpha value is -2.40. The van der Waals surface area contributed by atoms with E-state index in [1.54, 1.807) is 36.4 Å². The van der Waals surface area contributed by atoms with Gasteiger partial charge in [-0.1, -0.05) is 41.9 Å². The summed E-state index contributed by atoms with van der Waals surface area (Å²) in [6.07, 6.45) is 0.585. The summed E-state index contributed by atoms with van der Waals surface area (Å²) in [7, 11) is 0. The van der Waals surface area contributed by atoms with Crippen LogP contribution in [0.2, 0.25) is 5.02 Å². The number of amides is 1. The molecule has 0 aliphatic heterocycles. The molecule has 0 saturated carbocycles. The number of rotatable bonds is 7. The summed E-state index contributed by atoms with van der Waals surface area (Å²) in [4.78, 5) is 23.3. The van der Waals surface area contributed by atoms with Gasteiger partial charge in [-0.15, -0.1) is 0 Å². The molecule has 126 valence electrons. The maximum absolute atomic E-state index is 12.8. The summed E-state index contributed by atoms with van der Waals surface area (Å²) in [5.41, 5.74) is 1.56. The third-order valence-electron chi connectivity index (χ3n) is 3.31. The number of ether oxygens (including phenoxy) is 1.